The zero-order chi connectivity index (χ0) is 11.4. The molecule has 2 aromatic rings. The smallest absolute Gasteiger partial charge is 0.167 e. The number of benzene rings is 1. The molecular weight excluding hydrogens is 282 g/mol. The minimum absolute atomic E-state index is 0. The minimum Gasteiger partial charge on any atom is -0.508 e. The van der Waals surface area contributed by atoms with Crippen LogP contribution in [0.1, 0.15) is 15.9 Å². The van der Waals surface area contributed by atoms with Gasteiger partial charge in [-0.15, -0.1) is 17.0 Å². The Hall–Kier alpha value is -1.68. The van der Waals surface area contributed by atoms with Crippen LogP contribution in [0.15, 0.2) is 48.8 Å². The fourth-order valence-electron chi connectivity index (χ4n) is 1.44. The van der Waals surface area contributed by atoms with Gasteiger partial charge >= 0.3 is 0 Å². The predicted molar refractivity (Wildman–Crippen MR) is 70.7 cm³/mol. The van der Waals surface area contributed by atoms with Crippen molar-refractivity contribution in [3.05, 3.63) is 59.9 Å². The van der Waals surface area contributed by atoms with E-state index in [1.807, 2.05) is 12.1 Å². The molecule has 1 N–H and O–H groups in total. The summed E-state index contributed by atoms with van der Waals surface area (Å²) in [7, 11) is 0. The number of aromatic hydroxyl groups is 1. The maximum Gasteiger partial charge on any atom is 0.167 e. The summed E-state index contributed by atoms with van der Waals surface area (Å²) in [5.74, 6) is 0.201. The van der Waals surface area contributed by atoms with Crippen molar-refractivity contribution >= 4 is 22.8 Å². The lowest BCUT2D eigenvalue weighted by Gasteiger charge is -2.01. The Morgan fingerprint density at radius 3 is 2.24 bits per heavy atom. The zero-order valence-corrected chi connectivity index (χ0v) is 10.7. The van der Waals surface area contributed by atoms with Crippen LogP contribution < -0.4 is 0 Å². The number of phenols is 1. The molecule has 0 amide bonds. The second-order valence-corrected chi connectivity index (χ2v) is 3.50. The molecule has 0 aliphatic carbocycles. The third kappa shape index (κ3) is 3.67. The number of ketones is 1. The Morgan fingerprint density at radius 1 is 1.06 bits per heavy atom. The predicted octanol–water partition coefficient (Wildman–Crippen LogP) is 2.79. The first-order valence-corrected chi connectivity index (χ1v) is 4.97. The summed E-state index contributed by atoms with van der Waals surface area (Å²) in [6, 6.07) is 9.91. The first-order valence-electron chi connectivity index (χ1n) is 4.97. The summed E-state index contributed by atoms with van der Waals surface area (Å²) < 4.78 is 0. The van der Waals surface area contributed by atoms with Crippen molar-refractivity contribution in [2.45, 2.75) is 6.42 Å². The topological polar surface area (TPSA) is 50.2 Å². The average molecular weight is 294 g/mol. The molecule has 0 saturated heterocycles. The molecule has 17 heavy (non-hydrogen) atoms. The molecule has 0 bridgehead atoms. The van der Waals surface area contributed by atoms with Crippen LogP contribution in [-0.2, 0) is 6.42 Å². The lowest BCUT2D eigenvalue weighted by atomic mass is 10.0. The van der Waals surface area contributed by atoms with E-state index in [0.29, 0.717) is 12.0 Å². The second kappa shape index (κ2) is 6.15. The molecule has 0 radical (unpaired) electrons. The molecular formula is C13H12BrNO2. The highest BCUT2D eigenvalue weighted by Crippen LogP contribution is 2.12. The van der Waals surface area contributed by atoms with Crippen LogP contribution in [-0.4, -0.2) is 15.9 Å². The van der Waals surface area contributed by atoms with E-state index in [9.17, 15) is 4.79 Å². The van der Waals surface area contributed by atoms with E-state index >= 15 is 0 Å². The minimum atomic E-state index is 0. The van der Waals surface area contributed by atoms with E-state index < -0.39 is 0 Å². The van der Waals surface area contributed by atoms with E-state index in [4.69, 9.17) is 5.11 Å². The summed E-state index contributed by atoms with van der Waals surface area (Å²) in [5, 5.41) is 9.11. The van der Waals surface area contributed by atoms with E-state index in [0.717, 1.165) is 5.56 Å². The van der Waals surface area contributed by atoms with Gasteiger partial charge in [-0.25, -0.2) is 0 Å². The van der Waals surface area contributed by atoms with Gasteiger partial charge in [0.15, 0.2) is 5.78 Å². The van der Waals surface area contributed by atoms with Crippen LogP contribution in [0, 0.1) is 0 Å². The highest BCUT2D eigenvalue weighted by atomic mass is 79.9. The number of aromatic nitrogens is 1. The van der Waals surface area contributed by atoms with Crippen LogP contribution >= 0.6 is 17.0 Å². The monoisotopic (exact) mass is 293 g/mol. The number of halogens is 1. The number of carbonyl (C=O) groups excluding carboxylic acids is 1. The Bertz CT molecular complexity index is 483. The summed E-state index contributed by atoms with van der Waals surface area (Å²) >= 11 is 0. The maximum absolute atomic E-state index is 11.8. The summed E-state index contributed by atoms with van der Waals surface area (Å²) in [6.45, 7) is 0. The van der Waals surface area contributed by atoms with Gasteiger partial charge in [-0.2, -0.15) is 0 Å². The molecule has 3 nitrogen and oxygen atoms in total. The molecule has 0 saturated carbocycles. The van der Waals surface area contributed by atoms with Crippen molar-refractivity contribution in [1.29, 1.82) is 0 Å². The van der Waals surface area contributed by atoms with Gasteiger partial charge in [0.25, 0.3) is 0 Å². The fourth-order valence-corrected chi connectivity index (χ4v) is 1.44. The second-order valence-electron chi connectivity index (χ2n) is 3.50. The normalized spacial score (nSPS) is 9.41. The Kier molecular flexibility index (Phi) is 4.84. The van der Waals surface area contributed by atoms with Crippen LogP contribution in [0.5, 0.6) is 5.75 Å². The average Bonchev–Trinajstić information content (AvgIpc) is 2.31. The van der Waals surface area contributed by atoms with Crippen LogP contribution in [0.2, 0.25) is 0 Å². The number of carbonyl (C=O) groups is 1. The van der Waals surface area contributed by atoms with Crippen molar-refractivity contribution in [1.82, 2.24) is 4.98 Å². The number of hydrogen-bond donors (Lipinski definition) is 1. The molecule has 1 aromatic heterocycles. The maximum atomic E-state index is 11.8. The molecule has 1 heterocycles. The number of phenolic OH excluding ortho intramolecular Hbond substituents is 1. The number of hydrogen-bond acceptors (Lipinski definition) is 3. The molecule has 0 spiro atoms. The lowest BCUT2D eigenvalue weighted by Crippen LogP contribution is -2.03. The standard InChI is InChI=1S/C13H11NO2.BrH/c15-12-3-1-11(2-4-12)13(16)9-10-5-7-14-8-6-10;/h1-8,15H,9H2;1H. The van der Waals surface area contributed by atoms with Gasteiger partial charge < -0.3 is 5.11 Å². The van der Waals surface area contributed by atoms with E-state index in [-0.39, 0.29) is 28.5 Å². The summed E-state index contributed by atoms with van der Waals surface area (Å²) in [4.78, 5) is 15.7. The van der Waals surface area contributed by atoms with Crippen molar-refractivity contribution in [3.63, 3.8) is 0 Å². The lowest BCUT2D eigenvalue weighted by molar-refractivity contribution is 0.0993. The van der Waals surface area contributed by atoms with Crippen molar-refractivity contribution in [2.75, 3.05) is 0 Å². The molecule has 4 heteroatoms. The Balaban J connectivity index is 0.00000144. The van der Waals surface area contributed by atoms with Crippen molar-refractivity contribution < 1.29 is 9.90 Å². The zero-order valence-electron chi connectivity index (χ0n) is 9.04. The van der Waals surface area contributed by atoms with E-state index in [1.54, 1.807) is 24.5 Å². The highest BCUT2D eigenvalue weighted by Gasteiger charge is 2.06. The first-order chi connectivity index (χ1) is 7.75. The molecule has 0 fully saturated rings. The Morgan fingerprint density at radius 2 is 1.65 bits per heavy atom. The van der Waals surface area contributed by atoms with Crippen molar-refractivity contribution in [2.24, 2.45) is 0 Å². The molecule has 0 aliphatic rings. The quantitative estimate of drug-likeness (QED) is 0.886. The number of pyridine rings is 1. The Labute approximate surface area is 110 Å². The van der Waals surface area contributed by atoms with Crippen LogP contribution in [0.25, 0.3) is 0 Å². The molecule has 88 valence electrons. The number of rotatable bonds is 3. The van der Waals surface area contributed by atoms with E-state index in [2.05, 4.69) is 4.98 Å². The number of nitrogens with zero attached hydrogens (tertiary/aromatic N) is 1. The summed E-state index contributed by atoms with van der Waals surface area (Å²) in [5.41, 5.74) is 1.54. The largest absolute Gasteiger partial charge is 0.508 e. The van der Waals surface area contributed by atoms with Gasteiger partial charge in [0, 0.05) is 24.4 Å². The van der Waals surface area contributed by atoms with Gasteiger partial charge in [-0.3, -0.25) is 9.78 Å². The highest BCUT2D eigenvalue weighted by molar-refractivity contribution is 8.93. The van der Waals surface area contributed by atoms with Crippen LogP contribution in [0.4, 0.5) is 0 Å². The van der Waals surface area contributed by atoms with Gasteiger partial charge in [0.05, 0.1) is 0 Å². The third-order valence-corrected chi connectivity index (χ3v) is 2.30. The molecule has 1 aromatic carbocycles. The SMILES string of the molecule is Br.O=C(Cc1ccncc1)c1ccc(O)cc1. The molecule has 2 rings (SSSR count). The van der Waals surface area contributed by atoms with Crippen molar-refractivity contribution in [3.8, 4) is 5.75 Å². The fraction of sp³-hybridized carbons (Fsp3) is 0.0769. The molecule has 0 unspecified atom stereocenters. The third-order valence-electron chi connectivity index (χ3n) is 2.30. The van der Waals surface area contributed by atoms with Crippen LogP contribution in [0.3, 0.4) is 0 Å². The molecule has 0 atom stereocenters. The molecule has 0 aliphatic heterocycles. The summed E-state index contributed by atoms with van der Waals surface area (Å²) in [6.07, 6.45) is 3.69. The number of Topliss-reactive ketones (excluding diaryl/α,β-unsaturated/α-hetero) is 1. The van der Waals surface area contributed by atoms with Gasteiger partial charge in [0.2, 0.25) is 0 Å². The van der Waals surface area contributed by atoms with Gasteiger partial charge in [0.1, 0.15) is 5.75 Å². The van der Waals surface area contributed by atoms with Gasteiger partial charge in [-0.05, 0) is 42.0 Å². The first kappa shape index (κ1) is 13.4. The van der Waals surface area contributed by atoms with Gasteiger partial charge in [-0.1, -0.05) is 0 Å². The van der Waals surface area contributed by atoms with E-state index in [1.165, 1.54) is 12.1 Å².